The fourth-order valence-electron chi connectivity index (χ4n) is 1.82. The lowest BCUT2D eigenvalue weighted by Crippen LogP contribution is -2.34. The second-order valence-corrected chi connectivity index (χ2v) is 4.89. The average Bonchev–Trinajstić information content (AvgIpc) is 2.32. The summed E-state index contributed by atoms with van der Waals surface area (Å²) in [5, 5.41) is 0. The Balaban J connectivity index is 2.64. The van der Waals surface area contributed by atoms with Gasteiger partial charge in [-0.3, -0.25) is 0 Å². The Kier molecular flexibility index (Phi) is 4.82. The van der Waals surface area contributed by atoms with E-state index in [4.69, 9.17) is 0 Å². The highest BCUT2D eigenvalue weighted by Gasteiger charge is 2.23. The molecule has 0 heterocycles. The van der Waals surface area contributed by atoms with E-state index in [0.29, 0.717) is 18.7 Å². The van der Waals surface area contributed by atoms with Crippen LogP contribution >= 0.6 is 0 Å². The third-order valence-electron chi connectivity index (χ3n) is 3.12. The molecule has 0 radical (unpaired) electrons. The van der Waals surface area contributed by atoms with Gasteiger partial charge in [0.1, 0.15) is 12.1 Å². The smallest absolute Gasteiger partial charge is 0.127 e. The number of rotatable bonds is 6. The van der Waals surface area contributed by atoms with Crippen LogP contribution in [0.15, 0.2) is 24.3 Å². The van der Waals surface area contributed by atoms with Crippen molar-refractivity contribution in [3.8, 4) is 0 Å². The number of hydrogen-bond acceptors (Lipinski definition) is 2. The van der Waals surface area contributed by atoms with E-state index in [0.717, 1.165) is 12.7 Å². The maximum atomic E-state index is 13.5. The largest absolute Gasteiger partial charge is 0.303 e. The molecule has 0 saturated carbocycles. The zero-order chi connectivity index (χ0) is 12.9. The van der Waals surface area contributed by atoms with Gasteiger partial charge in [0.2, 0.25) is 0 Å². The number of aldehydes is 1. The lowest BCUT2D eigenvalue weighted by molar-refractivity contribution is -0.116. The first-order chi connectivity index (χ1) is 8.00. The van der Waals surface area contributed by atoms with Crippen molar-refractivity contribution in [2.45, 2.75) is 26.8 Å². The van der Waals surface area contributed by atoms with Gasteiger partial charge < -0.3 is 9.69 Å². The Morgan fingerprint density at radius 3 is 2.59 bits per heavy atom. The third-order valence-corrected chi connectivity index (χ3v) is 3.12. The van der Waals surface area contributed by atoms with Gasteiger partial charge in [-0.25, -0.2) is 4.39 Å². The molecule has 0 aliphatic heterocycles. The molecule has 3 heteroatoms. The first-order valence-corrected chi connectivity index (χ1v) is 5.89. The van der Waals surface area contributed by atoms with Gasteiger partial charge in [0, 0.05) is 24.1 Å². The van der Waals surface area contributed by atoms with Crippen LogP contribution in [0.25, 0.3) is 0 Å². The molecule has 1 rings (SSSR count). The van der Waals surface area contributed by atoms with E-state index in [1.165, 1.54) is 6.07 Å². The Bertz CT molecular complexity index is 380. The van der Waals surface area contributed by atoms with E-state index in [1.807, 2.05) is 31.9 Å². The Morgan fingerprint density at radius 2 is 2.06 bits per heavy atom. The summed E-state index contributed by atoms with van der Waals surface area (Å²) in [6, 6.07) is 6.74. The van der Waals surface area contributed by atoms with Gasteiger partial charge in [-0.1, -0.05) is 32.0 Å². The molecule has 0 aliphatic carbocycles. The Hall–Kier alpha value is -1.22. The van der Waals surface area contributed by atoms with Crippen LogP contribution in [0.3, 0.4) is 0 Å². The summed E-state index contributed by atoms with van der Waals surface area (Å²) in [6.45, 7) is 5.08. The van der Waals surface area contributed by atoms with Crippen LogP contribution in [-0.4, -0.2) is 24.8 Å². The van der Waals surface area contributed by atoms with Gasteiger partial charge in [-0.2, -0.15) is 0 Å². The Morgan fingerprint density at radius 1 is 1.41 bits per heavy atom. The van der Waals surface area contributed by atoms with E-state index < -0.39 is 0 Å². The van der Waals surface area contributed by atoms with E-state index >= 15 is 0 Å². The van der Waals surface area contributed by atoms with Crippen molar-refractivity contribution in [3.63, 3.8) is 0 Å². The van der Waals surface area contributed by atoms with Crippen molar-refractivity contribution in [2.24, 2.45) is 5.41 Å². The maximum Gasteiger partial charge on any atom is 0.127 e. The summed E-state index contributed by atoms with van der Waals surface area (Å²) in [5.41, 5.74) is 0.319. The minimum Gasteiger partial charge on any atom is -0.303 e. The molecule has 1 unspecified atom stereocenters. The highest BCUT2D eigenvalue weighted by Crippen LogP contribution is 2.20. The first kappa shape index (κ1) is 13.8. The molecule has 0 aliphatic rings. The van der Waals surface area contributed by atoms with Crippen molar-refractivity contribution in [1.29, 1.82) is 0 Å². The van der Waals surface area contributed by atoms with Gasteiger partial charge in [0.25, 0.3) is 0 Å². The monoisotopic (exact) mass is 237 g/mol. The predicted octanol–water partition coefficient (Wildman–Crippen LogP) is 2.87. The van der Waals surface area contributed by atoms with E-state index in [9.17, 15) is 9.18 Å². The quantitative estimate of drug-likeness (QED) is 0.709. The molecule has 0 amide bonds. The molecule has 94 valence electrons. The lowest BCUT2D eigenvalue weighted by atomic mass is 9.89. The van der Waals surface area contributed by atoms with Crippen molar-refractivity contribution in [2.75, 3.05) is 13.6 Å². The summed E-state index contributed by atoms with van der Waals surface area (Å²) in [4.78, 5) is 13.0. The van der Waals surface area contributed by atoms with E-state index in [2.05, 4.69) is 0 Å². The van der Waals surface area contributed by atoms with Crippen LogP contribution in [0.2, 0.25) is 0 Å². The van der Waals surface area contributed by atoms with Gasteiger partial charge >= 0.3 is 0 Å². The van der Waals surface area contributed by atoms with Crippen LogP contribution in [0.4, 0.5) is 4.39 Å². The molecule has 0 aromatic heterocycles. The molecule has 1 aromatic carbocycles. The second kappa shape index (κ2) is 5.92. The minimum absolute atomic E-state index is 0.191. The summed E-state index contributed by atoms with van der Waals surface area (Å²) < 4.78 is 13.5. The van der Waals surface area contributed by atoms with E-state index in [-0.39, 0.29) is 11.2 Å². The number of benzene rings is 1. The highest BCUT2D eigenvalue weighted by molar-refractivity contribution is 5.58. The topological polar surface area (TPSA) is 20.3 Å². The molecular formula is C14H20FNO. The first-order valence-electron chi connectivity index (χ1n) is 5.89. The number of halogens is 1. The highest BCUT2D eigenvalue weighted by atomic mass is 19.1. The fourth-order valence-corrected chi connectivity index (χ4v) is 1.82. The molecule has 0 spiro atoms. The zero-order valence-corrected chi connectivity index (χ0v) is 10.7. The van der Waals surface area contributed by atoms with Crippen LogP contribution in [0.5, 0.6) is 0 Å². The molecule has 0 saturated heterocycles. The number of carbonyl (C=O) groups is 1. The van der Waals surface area contributed by atoms with Crippen LogP contribution in [-0.2, 0) is 11.3 Å². The molecule has 0 bridgehead atoms. The standard InChI is InChI=1S/C14H20FNO/c1-4-14(2,11-17)10-16(3)9-12-7-5-6-8-13(12)15/h5-8,11H,4,9-10H2,1-3H3. The van der Waals surface area contributed by atoms with Crippen molar-refractivity contribution >= 4 is 6.29 Å². The van der Waals surface area contributed by atoms with Crippen molar-refractivity contribution in [3.05, 3.63) is 35.6 Å². The Labute approximate surface area is 102 Å². The van der Waals surface area contributed by atoms with Crippen LogP contribution in [0.1, 0.15) is 25.8 Å². The van der Waals surface area contributed by atoms with Gasteiger partial charge in [0.15, 0.2) is 0 Å². The van der Waals surface area contributed by atoms with Gasteiger partial charge in [0.05, 0.1) is 0 Å². The summed E-state index contributed by atoms with van der Waals surface area (Å²) >= 11 is 0. The zero-order valence-electron chi connectivity index (χ0n) is 10.7. The molecule has 0 N–H and O–H groups in total. The molecule has 17 heavy (non-hydrogen) atoms. The normalized spacial score (nSPS) is 14.6. The van der Waals surface area contributed by atoms with E-state index in [1.54, 1.807) is 12.1 Å². The molecule has 0 fully saturated rings. The molecule has 1 aromatic rings. The average molecular weight is 237 g/mol. The van der Waals surface area contributed by atoms with Gasteiger partial charge in [-0.15, -0.1) is 0 Å². The molecular weight excluding hydrogens is 217 g/mol. The summed E-state index contributed by atoms with van der Waals surface area (Å²) in [5.74, 6) is -0.191. The second-order valence-electron chi connectivity index (χ2n) is 4.89. The summed E-state index contributed by atoms with van der Waals surface area (Å²) in [7, 11) is 1.91. The minimum atomic E-state index is -0.347. The van der Waals surface area contributed by atoms with Crippen LogP contribution in [0, 0.1) is 11.2 Å². The van der Waals surface area contributed by atoms with Crippen molar-refractivity contribution < 1.29 is 9.18 Å². The fraction of sp³-hybridized carbons (Fsp3) is 0.500. The van der Waals surface area contributed by atoms with Gasteiger partial charge in [-0.05, 0) is 19.5 Å². The summed E-state index contributed by atoms with van der Waals surface area (Å²) in [6.07, 6.45) is 1.78. The number of carbonyl (C=O) groups excluding carboxylic acids is 1. The lowest BCUT2D eigenvalue weighted by Gasteiger charge is -2.28. The molecule has 1 atom stereocenters. The predicted molar refractivity (Wildman–Crippen MR) is 67.2 cm³/mol. The number of hydrogen-bond donors (Lipinski definition) is 0. The van der Waals surface area contributed by atoms with Crippen LogP contribution < -0.4 is 0 Å². The van der Waals surface area contributed by atoms with Crippen molar-refractivity contribution in [1.82, 2.24) is 4.90 Å². The SMILES string of the molecule is CCC(C)(C=O)CN(C)Cc1ccccc1F. The molecule has 2 nitrogen and oxygen atoms in total. The third kappa shape index (κ3) is 3.93. The number of nitrogens with zero attached hydrogens (tertiary/aromatic N) is 1. The maximum absolute atomic E-state index is 13.5.